The van der Waals surface area contributed by atoms with E-state index >= 15 is 0 Å². The smallest absolute Gasteiger partial charge is 0.262 e. The van der Waals surface area contributed by atoms with Crippen molar-refractivity contribution in [3.63, 3.8) is 0 Å². The normalized spacial score (nSPS) is 35.0. The first-order valence-corrected chi connectivity index (χ1v) is 8.65. The molecule has 0 aliphatic heterocycles. The Bertz CT molecular complexity index is 610. The highest BCUT2D eigenvalue weighted by Crippen LogP contribution is 2.65. The average Bonchev–Trinajstić information content (AvgIpc) is 2.93. The second-order valence-corrected chi connectivity index (χ2v) is 7.34. The lowest BCUT2D eigenvalue weighted by Crippen LogP contribution is -2.29. The van der Waals surface area contributed by atoms with Gasteiger partial charge in [-0.2, -0.15) is 0 Å². The lowest BCUT2D eigenvalue weighted by molar-refractivity contribution is 0.0948. The number of carbonyl (C=O) groups is 1. The maximum absolute atomic E-state index is 12.5. The fraction of sp³-hybridized carbons (Fsp3) is 0.588. The van der Waals surface area contributed by atoms with Gasteiger partial charge in [0.15, 0.2) is 0 Å². The van der Waals surface area contributed by atoms with Crippen molar-refractivity contribution in [1.29, 1.82) is 0 Å². The van der Waals surface area contributed by atoms with E-state index in [0.717, 1.165) is 34.1 Å². The van der Waals surface area contributed by atoms with Crippen LogP contribution in [-0.4, -0.2) is 23.7 Å². The van der Waals surface area contributed by atoms with Gasteiger partial charge in [0.25, 0.3) is 5.91 Å². The monoisotopic (exact) mass is 301 g/mol. The van der Waals surface area contributed by atoms with Gasteiger partial charge in [0, 0.05) is 18.0 Å². The molecule has 4 heteroatoms. The Hall–Kier alpha value is -1.31. The number of aliphatic hydroxyl groups is 1. The molecule has 1 heterocycles. The van der Waals surface area contributed by atoms with Crippen molar-refractivity contribution < 1.29 is 9.90 Å². The Morgan fingerprint density at radius 3 is 2.86 bits per heavy atom. The minimum Gasteiger partial charge on any atom is -0.395 e. The molecule has 3 saturated carbocycles. The molecule has 4 atom stereocenters. The highest BCUT2D eigenvalue weighted by Gasteiger charge is 2.65. The molecule has 0 radical (unpaired) electrons. The fourth-order valence-corrected chi connectivity index (χ4v) is 5.28. The van der Waals surface area contributed by atoms with Crippen LogP contribution in [0.2, 0.25) is 0 Å². The van der Waals surface area contributed by atoms with E-state index in [-0.39, 0.29) is 12.5 Å². The average molecular weight is 301 g/mol. The molecule has 110 valence electrons. The summed E-state index contributed by atoms with van der Waals surface area (Å²) in [6.45, 7) is 0.0624. The summed E-state index contributed by atoms with van der Waals surface area (Å²) in [5.41, 5.74) is 0.791. The molecule has 0 aromatic carbocycles. The molecule has 1 amide bonds. The van der Waals surface area contributed by atoms with Crippen LogP contribution < -0.4 is 5.32 Å². The minimum atomic E-state index is 0.0390. The van der Waals surface area contributed by atoms with Gasteiger partial charge in [-0.3, -0.25) is 4.79 Å². The van der Waals surface area contributed by atoms with Crippen LogP contribution in [0.3, 0.4) is 0 Å². The third kappa shape index (κ3) is 2.20. The summed E-state index contributed by atoms with van der Waals surface area (Å²) >= 11 is 1.45. The van der Waals surface area contributed by atoms with Crippen molar-refractivity contribution in [3.05, 3.63) is 21.9 Å². The molecular weight excluding hydrogens is 282 g/mol. The van der Waals surface area contributed by atoms with E-state index in [0.29, 0.717) is 12.5 Å². The number of fused-ring (bicyclic) bond motifs is 5. The number of carbonyl (C=O) groups excluding carboxylic acids is 1. The van der Waals surface area contributed by atoms with Crippen LogP contribution in [0.4, 0.5) is 0 Å². The summed E-state index contributed by atoms with van der Waals surface area (Å²) in [7, 11) is 0. The van der Waals surface area contributed by atoms with Gasteiger partial charge in [0.2, 0.25) is 0 Å². The molecule has 2 bridgehead atoms. The lowest BCUT2D eigenvalue weighted by atomic mass is 10.0. The SMILES string of the molecule is O=C(NC1C2C3CCC(C3)C12)c1sccc1C#CCCO. The van der Waals surface area contributed by atoms with E-state index in [9.17, 15) is 4.79 Å². The van der Waals surface area contributed by atoms with Gasteiger partial charge < -0.3 is 10.4 Å². The summed E-state index contributed by atoms with van der Waals surface area (Å²) in [6.07, 6.45) is 4.59. The topological polar surface area (TPSA) is 49.3 Å². The molecule has 0 spiro atoms. The second kappa shape index (κ2) is 5.15. The highest BCUT2D eigenvalue weighted by atomic mass is 32.1. The standard InChI is InChI=1S/C17H19NO2S/c19-7-2-1-3-10-6-8-21-16(10)17(20)18-15-13-11-4-5-12(9-11)14(13)15/h6,8,11-15,19H,2,4-5,7,9H2,(H,18,20). The molecule has 3 fully saturated rings. The van der Waals surface area contributed by atoms with Crippen LogP contribution in [0, 0.1) is 35.5 Å². The third-order valence-corrected chi connectivity index (χ3v) is 6.28. The first kappa shape index (κ1) is 13.4. The van der Waals surface area contributed by atoms with Crippen LogP contribution in [0.15, 0.2) is 11.4 Å². The van der Waals surface area contributed by atoms with Crippen molar-refractivity contribution in [2.75, 3.05) is 6.61 Å². The Kier molecular flexibility index (Phi) is 3.28. The van der Waals surface area contributed by atoms with Crippen LogP contribution in [0.5, 0.6) is 0 Å². The number of nitrogens with one attached hydrogen (secondary N) is 1. The zero-order chi connectivity index (χ0) is 14.4. The van der Waals surface area contributed by atoms with Gasteiger partial charge in [-0.25, -0.2) is 0 Å². The number of hydrogen-bond acceptors (Lipinski definition) is 3. The van der Waals surface area contributed by atoms with E-state index in [4.69, 9.17) is 5.11 Å². The van der Waals surface area contributed by atoms with Crippen LogP contribution in [0.25, 0.3) is 0 Å². The van der Waals surface area contributed by atoms with Gasteiger partial charge in [-0.1, -0.05) is 11.8 Å². The summed E-state index contributed by atoms with van der Waals surface area (Å²) in [4.78, 5) is 13.2. The summed E-state index contributed by atoms with van der Waals surface area (Å²) in [6, 6.07) is 2.31. The van der Waals surface area contributed by atoms with Gasteiger partial charge in [-0.05, 0) is 54.4 Å². The zero-order valence-electron chi connectivity index (χ0n) is 11.8. The molecule has 1 aromatic rings. The van der Waals surface area contributed by atoms with E-state index in [2.05, 4.69) is 17.2 Å². The van der Waals surface area contributed by atoms with Gasteiger partial charge in [0.1, 0.15) is 4.88 Å². The fourth-order valence-electron chi connectivity index (χ4n) is 4.53. The first-order valence-electron chi connectivity index (χ1n) is 7.77. The van der Waals surface area contributed by atoms with E-state index < -0.39 is 0 Å². The van der Waals surface area contributed by atoms with Crippen molar-refractivity contribution in [1.82, 2.24) is 5.32 Å². The maximum Gasteiger partial charge on any atom is 0.262 e. The number of thiophene rings is 1. The van der Waals surface area contributed by atoms with Crippen molar-refractivity contribution in [2.24, 2.45) is 23.7 Å². The van der Waals surface area contributed by atoms with Crippen LogP contribution in [0.1, 0.15) is 40.9 Å². The number of hydrogen-bond donors (Lipinski definition) is 2. The minimum absolute atomic E-state index is 0.0390. The molecule has 1 aromatic heterocycles. The third-order valence-electron chi connectivity index (χ3n) is 5.36. The summed E-state index contributed by atoms with van der Waals surface area (Å²) in [5.74, 6) is 9.19. The summed E-state index contributed by atoms with van der Waals surface area (Å²) in [5, 5.41) is 13.9. The molecule has 21 heavy (non-hydrogen) atoms. The summed E-state index contributed by atoms with van der Waals surface area (Å²) < 4.78 is 0. The van der Waals surface area contributed by atoms with Crippen molar-refractivity contribution >= 4 is 17.2 Å². The van der Waals surface area contributed by atoms with Gasteiger partial charge in [-0.15, -0.1) is 11.3 Å². The Labute approximate surface area is 128 Å². The van der Waals surface area contributed by atoms with E-state index in [1.807, 2.05) is 11.4 Å². The van der Waals surface area contributed by atoms with Crippen molar-refractivity contribution in [3.8, 4) is 11.8 Å². The quantitative estimate of drug-likeness (QED) is 0.841. The predicted octanol–water partition coefficient (Wildman–Crippen LogP) is 2.26. The van der Waals surface area contributed by atoms with Gasteiger partial charge in [0.05, 0.1) is 6.61 Å². The molecule has 4 unspecified atom stereocenters. The molecular formula is C17H19NO2S. The highest BCUT2D eigenvalue weighted by molar-refractivity contribution is 7.12. The first-order chi connectivity index (χ1) is 10.3. The second-order valence-electron chi connectivity index (χ2n) is 6.43. The Balaban J connectivity index is 1.43. The lowest BCUT2D eigenvalue weighted by Gasteiger charge is -2.10. The zero-order valence-corrected chi connectivity index (χ0v) is 12.7. The molecule has 4 rings (SSSR count). The Morgan fingerprint density at radius 1 is 1.38 bits per heavy atom. The molecule has 3 aliphatic rings. The predicted molar refractivity (Wildman–Crippen MR) is 82.0 cm³/mol. The van der Waals surface area contributed by atoms with Crippen LogP contribution >= 0.6 is 11.3 Å². The molecule has 3 aliphatic carbocycles. The number of amides is 1. The molecule has 2 N–H and O–H groups in total. The number of aliphatic hydroxyl groups excluding tert-OH is 1. The van der Waals surface area contributed by atoms with Crippen molar-refractivity contribution in [2.45, 2.75) is 31.7 Å². The maximum atomic E-state index is 12.5. The van der Waals surface area contributed by atoms with Crippen LogP contribution in [-0.2, 0) is 0 Å². The van der Waals surface area contributed by atoms with E-state index in [1.54, 1.807) is 0 Å². The molecule has 3 nitrogen and oxygen atoms in total. The van der Waals surface area contributed by atoms with E-state index in [1.165, 1.54) is 30.6 Å². The largest absolute Gasteiger partial charge is 0.395 e. The molecule has 0 saturated heterocycles. The Morgan fingerprint density at radius 2 is 2.14 bits per heavy atom. The number of rotatable bonds is 3. The van der Waals surface area contributed by atoms with Gasteiger partial charge >= 0.3 is 0 Å².